The van der Waals surface area contributed by atoms with Crippen LogP contribution in [0.3, 0.4) is 0 Å². The van der Waals surface area contributed by atoms with E-state index in [0.29, 0.717) is 28.7 Å². The number of nitriles is 1. The number of hydrogen-bond donors (Lipinski definition) is 2. The Labute approximate surface area is 245 Å². The Morgan fingerprint density at radius 2 is 1.65 bits per heavy atom. The average Bonchev–Trinajstić information content (AvgIpc) is 3.27. The molecule has 2 aromatic heterocycles. The number of hydrogen-bond acceptors (Lipinski definition) is 4. The number of nitrogens with one attached hydrogen (secondary N) is 1. The van der Waals surface area contributed by atoms with Crippen molar-refractivity contribution in [2.75, 3.05) is 0 Å². The molecule has 0 fully saturated rings. The summed E-state index contributed by atoms with van der Waals surface area (Å²) >= 11 is 0. The predicted molar refractivity (Wildman–Crippen MR) is 158 cm³/mol. The number of aliphatic hydroxyl groups is 1. The van der Waals surface area contributed by atoms with Gasteiger partial charge in [0.15, 0.2) is 11.5 Å². The number of nitrogens with zero attached hydrogens (tertiary/aromatic N) is 3. The zero-order chi connectivity index (χ0) is 30.9. The Morgan fingerprint density at radius 1 is 1.00 bits per heavy atom. The summed E-state index contributed by atoms with van der Waals surface area (Å²) < 4.78 is 43.6. The fraction of sp³-hybridized carbons (Fsp3) is 0.242. The van der Waals surface area contributed by atoms with Crippen LogP contribution in [0.15, 0.2) is 89.9 Å². The predicted octanol–water partition coefficient (Wildman–Crippen LogP) is 5.61. The van der Waals surface area contributed by atoms with Crippen molar-refractivity contribution in [3.8, 4) is 17.3 Å². The first-order valence-corrected chi connectivity index (χ1v) is 13.7. The largest absolute Gasteiger partial charge is 0.416 e. The van der Waals surface area contributed by atoms with Crippen molar-refractivity contribution in [2.24, 2.45) is 5.92 Å². The van der Waals surface area contributed by atoms with Gasteiger partial charge in [0, 0.05) is 29.2 Å². The quantitative estimate of drug-likeness (QED) is 0.247. The van der Waals surface area contributed by atoms with Gasteiger partial charge in [-0.1, -0.05) is 74.5 Å². The molecule has 5 aromatic rings. The monoisotopic (exact) mass is 586 g/mol. The van der Waals surface area contributed by atoms with Crippen molar-refractivity contribution in [2.45, 2.75) is 45.3 Å². The van der Waals surface area contributed by atoms with Crippen molar-refractivity contribution in [3.63, 3.8) is 0 Å². The van der Waals surface area contributed by atoms with Gasteiger partial charge in [-0.2, -0.15) is 18.4 Å². The number of aromatic nitrogens is 2. The maximum Gasteiger partial charge on any atom is 0.416 e. The van der Waals surface area contributed by atoms with Gasteiger partial charge in [-0.15, -0.1) is 0 Å². The molecule has 0 radical (unpaired) electrons. The van der Waals surface area contributed by atoms with Gasteiger partial charge in [0.2, 0.25) is 5.91 Å². The second-order valence-corrected chi connectivity index (χ2v) is 10.8. The van der Waals surface area contributed by atoms with Crippen molar-refractivity contribution in [1.29, 1.82) is 5.26 Å². The van der Waals surface area contributed by atoms with Crippen LogP contribution in [0.4, 0.5) is 13.2 Å². The molecule has 220 valence electrons. The first-order chi connectivity index (χ1) is 20.5. The highest BCUT2D eigenvalue weighted by Gasteiger charge is 2.45. The molecule has 0 saturated heterocycles. The molecule has 2 unspecified atom stereocenters. The molecule has 1 amide bonds. The first-order valence-electron chi connectivity index (χ1n) is 13.7. The van der Waals surface area contributed by atoms with Crippen molar-refractivity contribution >= 4 is 27.7 Å². The lowest BCUT2D eigenvalue weighted by molar-refractivity contribution is -0.215. The van der Waals surface area contributed by atoms with Crippen molar-refractivity contribution < 1.29 is 23.1 Å². The van der Waals surface area contributed by atoms with E-state index in [1.165, 1.54) is 19.9 Å². The maximum absolute atomic E-state index is 13.4. The second kappa shape index (κ2) is 11.8. The van der Waals surface area contributed by atoms with Gasteiger partial charge in [0.05, 0.1) is 17.1 Å². The maximum atomic E-state index is 13.4. The van der Waals surface area contributed by atoms with E-state index in [0.717, 1.165) is 16.5 Å². The Balaban J connectivity index is 1.71. The second-order valence-electron chi connectivity index (χ2n) is 10.8. The number of benzene rings is 3. The number of rotatable bonds is 8. The molecule has 5 rings (SSSR count). The number of aliphatic hydroxyl groups excluding tert-OH is 1. The Bertz CT molecular complexity index is 1890. The molecule has 0 aliphatic rings. The number of pyridine rings is 1. The Kier molecular flexibility index (Phi) is 8.11. The minimum absolute atomic E-state index is 0.00361. The van der Waals surface area contributed by atoms with Crippen LogP contribution in [-0.4, -0.2) is 38.5 Å². The van der Waals surface area contributed by atoms with Gasteiger partial charge in [-0.05, 0) is 35.2 Å². The molecule has 10 heteroatoms. The number of fused-ring (bicyclic) bond motifs is 3. The van der Waals surface area contributed by atoms with E-state index in [-0.39, 0.29) is 12.1 Å². The average molecular weight is 587 g/mol. The Hall–Kier alpha value is -4.88. The van der Waals surface area contributed by atoms with Gasteiger partial charge in [-0.25, -0.2) is 0 Å². The zero-order valence-electron chi connectivity index (χ0n) is 23.5. The summed E-state index contributed by atoms with van der Waals surface area (Å²) in [7, 11) is 0. The number of amides is 1. The highest BCUT2D eigenvalue weighted by molar-refractivity contribution is 6.10. The molecule has 3 aromatic carbocycles. The fourth-order valence-corrected chi connectivity index (χ4v) is 5.43. The normalized spacial score (nSPS) is 13.3. The summed E-state index contributed by atoms with van der Waals surface area (Å²) in [6.45, 7) is 2.96. The standard InChI is InChI=1S/C33H29F3N4O3/c1-20(2)30(32(43)33(34,35)36)38-29(42)19-39-18-27-24(15-26(39)22-11-7-4-8-12-22)23-13-14-28(41)25(16-37)31(23)40(27)17-21-9-5-3-6-10-21/h3-15,18,20,30,32,43H,17,19H2,1-2H3,(H,38,42). The smallest absolute Gasteiger partial charge is 0.382 e. The molecule has 43 heavy (non-hydrogen) atoms. The molecule has 2 heterocycles. The van der Waals surface area contributed by atoms with Crippen LogP contribution in [0.2, 0.25) is 0 Å². The minimum Gasteiger partial charge on any atom is -0.382 e. The summed E-state index contributed by atoms with van der Waals surface area (Å²) in [5, 5.41) is 23.7. The summed E-state index contributed by atoms with van der Waals surface area (Å²) in [6, 6.07) is 24.1. The lowest BCUT2D eigenvalue weighted by atomic mass is 9.98. The third kappa shape index (κ3) is 5.90. The van der Waals surface area contributed by atoms with E-state index >= 15 is 0 Å². The highest BCUT2D eigenvalue weighted by Crippen LogP contribution is 2.34. The van der Waals surface area contributed by atoms with Gasteiger partial charge in [0.25, 0.3) is 0 Å². The van der Waals surface area contributed by atoms with Crippen LogP contribution in [-0.2, 0) is 17.9 Å². The summed E-state index contributed by atoms with van der Waals surface area (Å²) in [5.41, 5.74) is 2.94. The number of halogens is 3. The SMILES string of the molecule is CC(C)C(NC(=O)Cn1cc2c(cc1-c1ccccc1)c1ccc(=O)c(C#N)c1n2Cc1ccccc1)C(O)C(F)(F)F. The van der Waals surface area contributed by atoms with E-state index in [1.54, 1.807) is 16.8 Å². The topological polar surface area (TPSA) is 100 Å². The number of carbonyl (C=O) groups is 1. The summed E-state index contributed by atoms with van der Waals surface area (Å²) in [6.07, 6.45) is -5.91. The minimum atomic E-state index is -4.90. The van der Waals surface area contributed by atoms with Gasteiger partial charge in [-0.3, -0.25) is 9.59 Å². The van der Waals surface area contributed by atoms with Crippen molar-refractivity contribution in [3.05, 3.63) is 106 Å². The number of alkyl halides is 3. The van der Waals surface area contributed by atoms with E-state index in [4.69, 9.17) is 0 Å². The lowest BCUT2D eigenvalue weighted by Gasteiger charge is -2.29. The highest BCUT2D eigenvalue weighted by atomic mass is 19.4. The van der Waals surface area contributed by atoms with Gasteiger partial charge < -0.3 is 19.6 Å². The molecule has 0 aliphatic heterocycles. The third-order valence-electron chi connectivity index (χ3n) is 7.54. The molecule has 2 N–H and O–H groups in total. The van der Waals surface area contributed by atoms with E-state index in [1.807, 2.05) is 71.3 Å². The summed E-state index contributed by atoms with van der Waals surface area (Å²) in [4.78, 5) is 26.0. The zero-order valence-corrected chi connectivity index (χ0v) is 23.5. The van der Waals surface area contributed by atoms with E-state index in [9.17, 15) is 33.1 Å². The van der Waals surface area contributed by atoms with E-state index < -0.39 is 35.6 Å². The molecular formula is C33H29F3N4O3. The van der Waals surface area contributed by atoms with Crippen LogP contribution in [0.1, 0.15) is 25.0 Å². The lowest BCUT2D eigenvalue weighted by Crippen LogP contribution is -2.53. The first kappa shape index (κ1) is 29.6. The van der Waals surface area contributed by atoms with Crippen LogP contribution < -0.4 is 10.7 Å². The fourth-order valence-electron chi connectivity index (χ4n) is 5.43. The number of carbonyl (C=O) groups excluding carboxylic acids is 1. The van der Waals surface area contributed by atoms with Crippen LogP contribution in [0.5, 0.6) is 0 Å². The molecule has 0 spiro atoms. The van der Waals surface area contributed by atoms with Gasteiger partial charge >= 0.3 is 6.18 Å². The molecule has 0 aliphatic carbocycles. The molecule has 2 atom stereocenters. The molecule has 0 bridgehead atoms. The molecule has 0 saturated carbocycles. The Morgan fingerprint density at radius 3 is 2.26 bits per heavy atom. The van der Waals surface area contributed by atoms with Crippen LogP contribution in [0.25, 0.3) is 33.1 Å². The van der Waals surface area contributed by atoms with E-state index in [2.05, 4.69) is 11.4 Å². The summed E-state index contributed by atoms with van der Waals surface area (Å²) in [5.74, 6) is -1.41. The van der Waals surface area contributed by atoms with Gasteiger partial charge in [0.1, 0.15) is 18.2 Å². The molecule has 7 nitrogen and oxygen atoms in total. The molecular weight excluding hydrogens is 557 g/mol. The van der Waals surface area contributed by atoms with Crippen LogP contribution >= 0.6 is 0 Å². The third-order valence-corrected chi connectivity index (χ3v) is 7.54. The van der Waals surface area contributed by atoms with Crippen molar-refractivity contribution in [1.82, 2.24) is 14.5 Å². The van der Waals surface area contributed by atoms with Crippen LogP contribution in [0, 0.1) is 17.2 Å².